The molecule has 2 aromatic heterocycles. The SMILES string of the molecule is CCCNc1nc(Sc2nnnn2C)cc(C(F)(F)F)n1. The summed E-state index contributed by atoms with van der Waals surface area (Å²) in [5.74, 6) is -0.0655. The Balaban J connectivity index is 2.33. The molecule has 1 N–H and O–H groups in total. The van der Waals surface area contributed by atoms with Crippen LogP contribution in [0.1, 0.15) is 19.0 Å². The molecule has 11 heteroatoms. The molecule has 0 aromatic carbocycles. The number of hydrogen-bond donors (Lipinski definition) is 1. The van der Waals surface area contributed by atoms with Crippen molar-refractivity contribution >= 4 is 17.7 Å². The third kappa shape index (κ3) is 4.03. The molecule has 0 atom stereocenters. The number of alkyl halides is 3. The van der Waals surface area contributed by atoms with Crippen LogP contribution in [0.4, 0.5) is 19.1 Å². The van der Waals surface area contributed by atoms with Gasteiger partial charge in [0.1, 0.15) is 5.03 Å². The minimum absolute atomic E-state index is 0.0655. The lowest BCUT2D eigenvalue weighted by Gasteiger charge is -2.10. The van der Waals surface area contributed by atoms with Crippen molar-refractivity contribution in [2.75, 3.05) is 11.9 Å². The lowest BCUT2D eigenvalue weighted by atomic mass is 10.4. The average molecular weight is 319 g/mol. The number of tetrazole rings is 1. The molecule has 0 amide bonds. The normalized spacial score (nSPS) is 11.7. The molecule has 114 valence electrons. The van der Waals surface area contributed by atoms with Gasteiger partial charge in [0.15, 0.2) is 5.69 Å². The van der Waals surface area contributed by atoms with Crippen molar-refractivity contribution in [3.63, 3.8) is 0 Å². The van der Waals surface area contributed by atoms with Gasteiger partial charge in [-0.2, -0.15) is 13.2 Å². The van der Waals surface area contributed by atoms with Crippen molar-refractivity contribution in [3.8, 4) is 0 Å². The van der Waals surface area contributed by atoms with Crippen molar-refractivity contribution in [1.82, 2.24) is 30.2 Å². The van der Waals surface area contributed by atoms with Gasteiger partial charge in [0.05, 0.1) is 0 Å². The van der Waals surface area contributed by atoms with Crippen LogP contribution >= 0.6 is 11.8 Å². The van der Waals surface area contributed by atoms with E-state index in [1.54, 1.807) is 7.05 Å². The molecule has 0 unspecified atom stereocenters. The van der Waals surface area contributed by atoms with Crippen molar-refractivity contribution in [2.24, 2.45) is 7.05 Å². The first-order valence-electron chi connectivity index (χ1n) is 6.00. The maximum Gasteiger partial charge on any atom is 0.433 e. The van der Waals surface area contributed by atoms with Gasteiger partial charge >= 0.3 is 6.18 Å². The average Bonchev–Trinajstić information content (AvgIpc) is 2.81. The zero-order valence-electron chi connectivity index (χ0n) is 11.2. The molecule has 2 aromatic rings. The molecular weight excluding hydrogens is 307 g/mol. The van der Waals surface area contributed by atoms with Gasteiger partial charge in [-0.15, -0.1) is 5.10 Å². The Bertz CT molecular complexity index is 613. The lowest BCUT2D eigenvalue weighted by Crippen LogP contribution is -2.13. The Morgan fingerprint density at radius 1 is 1.33 bits per heavy atom. The fourth-order valence-corrected chi connectivity index (χ4v) is 2.08. The minimum Gasteiger partial charge on any atom is -0.354 e. The molecule has 2 rings (SSSR count). The van der Waals surface area contributed by atoms with Crippen LogP contribution in [0.15, 0.2) is 16.2 Å². The fourth-order valence-electron chi connectivity index (χ4n) is 1.34. The van der Waals surface area contributed by atoms with Gasteiger partial charge in [0, 0.05) is 19.7 Å². The van der Waals surface area contributed by atoms with Crippen LogP contribution < -0.4 is 5.32 Å². The molecule has 0 saturated heterocycles. The molecule has 0 aliphatic heterocycles. The van der Waals surface area contributed by atoms with E-state index in [4.69, 9.17) is 0 Å². The molecular formula is C10H12F3N7S. The summed E-state index contributed by atoms with van der Waals surface area (Å²) in [5.41, 5.74) is -1.01. The Hall–Kier alpha value is -1.91. The van der Waals surface area contributed by atoms with Crippen LogP contribution in [0.25, 0.3) is 0 Å². The molecule has 0 spiro atoms. The molecule has 7 nitrogen and oxygen atoms in total. The first-order valence-corrected chi connectivity index (χ1v) is 6.82. The standard InChI is InChI=1S/C10H12F3N7S/c1-3-4-14-8-15-6(10(11,12)13)5-7(16-8)21-9-17-18-19-20(9)2/h5H,3-4H2,1-2H3,(H,14,15,16). The van der Waals surface area contributed by atoms with Gasteiger partial charge in [-0.1, -0.05) is 6.92 Å². The van der Waals surface area contributed by atoms with E-state index < -0.39 is 11.9 Å². The fraction of sp³-hybridized carbons (Fsp3) is 0.500. The number of aromatic nitrogens is 6. The minimum atomic E-state index is -4.54. The van der Waals surface area contributed by atoms with E-state index in [1.807, 2.05) is 6.92 Å². The molecule has 0 aliphatic rings. The summed E-state index contributed by atoms with van der Waals surface area (Å²) in [6.45, 7) is 2.37. The monoisotopic (exact) mass is 319 g/mol. The smallest absolute Gasteiger partial charge is 0.354 e. The van der Waals surface area contributed by atoms with Crippen LogP contribution in [0, 0.1) is 0 Å². The molecule has 0 aliphatic carbocycles. The number of nitrogens with zero attached hydrogens (tertiary/aromatic N) is 6. The Labute approximate surface area is 122 Å². The van der Waals surface area contributed by atoms with E-state index >= 15 is 0 Å². The van der Waals surface area contributed by atoms with Crippen LogP contribution in [0.2, 0.25) is 0 Å². The summed E-state index contributed by atoms with van der Waals surface area (Å²) in [5, 5.41) is 13.9. The van der Waals surface area contributed by atoms with Crippen LogP contribution in [0.3, 0.4) is 0 Å². The van der Waals surface area contributed by atoms with E-state index in [0.29, 0.717) is 11.7 Å². The number of aryl methyl sites for hydroxylation is 1. The van der Waals surface area contributed by atoms with Gasteiger partial charge in [0.2, 0.25) is 11.1 Å². The molecule has 0 radical (unpaired) electrons. The van der Waals surface area contributed by atoms with Crippen molar-refractivity contribution in [3.05, 3.63) is 11.8 Å². The van der Waals surface area contributed by atoms with Gasteiger partial charge in [-0.25, -0.2) is 14.6 Å². The number of hydrogen-bond acceptors (Lipinski definition) is 7. The number of anilines is 1. The van der Waals surface area contributed by atoms with E-state index in [2.05, 4.69) is 30.8 Å². The van der Waals surface area contributed by atoms with Crippen LogP contribution in [-0.2, 0) is 13.2 Å². The first kappa shape index (κ1) is 15.5. The Morgan fingerprint density at radius 2 is 2.10 bits per heavy atom. The molecule has 21 heavy (non-hydrogen) atoms. The highest BCUT2D eigenvalue weighted by atomic mass is 32.2. The Kier molecular flexibility index (Phi) is 4.60. The largest absolute Gasteiger partial charge is 0.433 e. The molecule has 2 heterocycles. The Morgan fingerprint density at radius 3 is 2.67 bits per heavy atom. The van der Waals surface area contributed by atoms with Gasteiger partial charge in [-0.05, 0) is 28.6 Å². The summed E-state index contributed by atoms with van der Waals surface area (Å²) in [4.78, 5) is 7.51. The summed E-state index contributed by atoms with van der Waals surface area (Å²) < 4.78 is 39.9. The van der Waals surface area contributed by atoms with E-state index in [9.17, 15) is 13.2 Å². The molecule has 0 fully saturated rings. The van der Waals surface area contributed by atoms with Crippen LogP contribution in [0.5, 0.6) is 0 Å². The third-order valence-electron chi connectivity index (χ3n) is 2.30. The van der Waals surface area contributed by atoms with Gasteiger partial charge in [-0.3, -0.25) is 0 Å². The second-order valence-corrected chi connectivity index (χ2v) is 5.01. The van der Waals surface area contributed by atoms with E-state index in [0.717, 1.165) is 24.2 Å². The van der Waals surface area contributed by atoms with Crippen molar-refractivity contribution in [1.29, 1.82) is 0 Å². The zero-order chi connectivity index (χ0) is 15.5. The molecule has 0 saturated carbocycles. The highest BCUT2D eigenvalue weighted by Gasteiger charge is 2.34. The van der Waals surface area contributed by atoms with Crippen molar-refractivity contribution < 1.29 is 13.2 Å². The maximum absolute atomic E-state index is 12.9. The highest BCUT2D eigenvalue weighted by molar-refractivity contribution is 7.99. The lowest BCUT2D eigenvalue weighted by molar-refractivity contribution is -0.141. The second-order valence-electron chi connectivity index (χ2n) is 4.03. The molecule has 0 bridgehead atoms. The van der Waals surface area contributed by atoms with Crippen molar-refractivity contribution in [2.45, 2.75) is 29.7 Å². The second kappa shape index (κ2) is 6.24. The quantitative estimate of drug-likeness (QED) is 0.844. The van der Waals surface area contributed by atoms with E-state index in [1.165, 1.54) is 4.68 Å². The van der Waals surface area contributed by atoms with E-state index in [-0.39, 0.29) is 11.0 Å². The topological polar surface area (TPSA) is 81.4 Å². The number of rotatable bonds is 5. The summed E-state index contributed by atoms with van der Waals surface area (Å²) in [6.07, 6.45) is -3.80. The maximum atomic E-state index is 12.9. The number of halogens is 3. The highest BCUT2D eigenvalue weighted by Crippen LogP contribution is 2.32. The van der Waals surface area contributed by atoms with Gasteiger partial charge < -0.3 is 5.32 Å². The summed E-state index contributed by atoms with van der Waals surface area (Å²) in [7, 11) is 1.59. The predicted octanol–water partition coefficient (Wildman–Crippen LogP) is 1.99. The van der Waals surface area contributed by atoms with Crippen LogP contribution in [-0.4, -0.2) is 36.7 Å². The third-order valence-corrected chi connectivity index (χ3v) is 3.25. The number of nitrogens with one attached hydrogen (secondary N) is 1. The summed E-state index contributed by atoms with van der Waals surface area (Å²) >= 11 is 0.935. The first-order chi connectivity index (χ1) is 9.90. The summed E-state index contributed by atoms with van der Waals surface area (Å²) in [6, 6.07) is 0.872. The van der Waals surface area contributed by atoms with Gasteiger partial charge in [0.25, 0.3) is 0 Å². The zero-order valence-corrected chi connectivity index (χ0v) is 12.0. The predicted molar refractivity (Wildman–Crippen MR) is 68.7 cm³/mol.